The van der Waals surface area contributed by atoms with Gasteiger partial charge >= 0.3 is 0 Å². The number of rotatable bonds is 7. The van der Waals surface area contributed by atoms with Crippen LogP contribution in [0.1, 0.15) is 54.2 Å². The number of aromatic nitrogens is 3. The Kier molecular flexibility index (Phi) is 7.21. The summed E-state index contributed by atoms with van der Waals surface area (Å²) in [5, 5.41) is 3.75. The first-order chi connectivity index (χ1) is 19.6. The quantitative estimate of drug-likeness (QED) is 0.345. The summed E-state index contributed by atoms with van der Waals surface area (Å²) in [5.74, 6) is 0.808. The Balaban J connectivity index is 1.19. The molecule has 1 N–H and O–H groups in total. The van der Waals surface area contributed by atoms with Crippen LogP contribution in [-0.2, 0) is 21.1 Å². The summed E-state index contributed by atoms with van der Waals surface area (Å²) in [5.41, 5.74) is 4.03. The zero-order chi connectivity index (χ0) is 28.7. The van der Waals surface area contributed by atoms with Gasteiger partial charge in [-0.3, -0.25) is 9.78 Å². The number of pyridine rings is 3. The van der Waals surface area contributed by atoms with Crippen molar-refractivity contribution >= 4 is 32.5 Å². The SMILES string of the molecule is C[C@@H]1CN(c2cccc(-c3ccc4cnc(CNC(=O)c5ccc(C6CC6)c(S(C)(=O)=O)c5)cc4n3)n2)C[C@H](C)O1. The number of amides is 1. The maximum Gasteiger partial charge on any atom is 0.251 e. The Labute approximate surface area is 239 Å². The van der Waals surface area contributed by atoms with Gasteiger partial charge in [0, 0.05) is 36.5 Å². The highest BCUT2D eigenvalue weighted by atomic mass is 32.2. The fourth-order valence-corrected chi connectivity index (χ4v) is 6.41. The molecule has 41 heavy (non-hydrogen) atoms. The molecule has 1 aromatic carbocycles. The van der Waals surface area contributed by atoms with Crippen molar-refractivity contribution in [3.63, 3.8) is 0 Å². The number of nitrogens with one attached hydrogen (secondary N) is 1. The largest absolute Gasteiger partial charge is 0.372 e. The van der Waals surface area contributed by atoms with Gasteiger partial charge in [-0.05, 0) is 80.6 Å². The minimum absolute atomic E-state index is 0.137. The lowest BCUT2D eigenvalue weighted by molar-refractivity contribution is -0.00545. The monoisotopic (exact) mass is 571 g/mol. The molecule has 9 nitrogen and oxygen atoms in total. The first kappa shape index (κ1) is 27.3. The van der Waals surface area contributed by atoms with Crippen molar-refractivity contribution in [2.24, 2.45) is 0 Å². The molecule has 0 spiro atoms. The van der Waals surface area contributed by atoms with E-state index in [2.05, 4.69) is 29.0 Å². The number of fused-ring (bicyclic) bond motifs is 1. The highest BCUT2D eigenvalue weighted by Gasteiger charge is 2.29. The fourth-order valence-electron chi connectivity index (χ4n) is 5.41. The molecule has 1 amide bonds. The fraction of sp³-hybridized carbons (Fsp3) is 0.355. The summed E-state index contributed by atoms with van der Waals surface area (Å²) >= 11 is 0. The van der Waals surface area contributed by atoms with Gasteiger partial charge in [-0.25, -0.2) is 18.4 Å². The molecule has 212 valence electrons. The average molecular weight is 572 g/mol. The Morgan fingerprint density at radius 1 is 1.00 bits per heavy atom. The summed E-state index contributed by atoms with van der Waals surface area (Å²) in [6.45, 7) is 5.90. The molecule has 10 heteroatoms. The van der Waals surface area contributed by atoms with E-state index in [4.69, 9.17) is 14.7 Å². The third kappa shape index (κ3) is 6.08. The zero-order valence-corrected chi connectivity index (χ0v) is 24.2. The molecule has 1 aliphatic carbocycles. The average Bonchev–Trinajstić information content (AvgIpc) is 3.80. The summed E-state index contributed by atoms with van der Waals surface area (Å²) in [6, 6.07) is 16.7. The van der Waals surface area contributed by atoms with Crippen LogP contribution in [0.3, 0.4) is 0 Å². The first-order valence-corrected chi connectivity index (χ1v) is 15.8. The van der Waals surface area contributed by atoms with E-state index < -0.39 is 9.84 Å². The zero-order valence-electron chi connectivity index (χ0n) is 23.4. The molecule has 0 bridgehead atoms. The van der Waals surface area contributed by atoms with Crippen LogP contribution < -0.4 is 10.2 Å². The van der Waals surface area contributed by atoms with Crippen LogP contribution in [0.4, 0.5) is 5.82 Å². The van der Waals surface area contributed by atoms with Crippen molar-refractivity contribution < 1.29 is 17.9 Å². The topological polar surface area (TPSA) is 114 Å². The van der Waals surface area contributed by atoms with Gasteiger partial charge in [0.2, 0.25) is 0 Å². The minimum Gasteiger partial charge on any atom is -0.372 e. The predicted octanol–water partition coefficient (Wildman–Crippen LogP) is 4.52. The lowest BCUT2D eigenvalue weighted by Crippen LogP contribution is -2.45. The molecule has 2 fully saturated rings. The molecule has 6 rings (SSSR count). The van der Waals surface area contributed by atoms with Gasteiger partial charge in [-0.15, -0.1) is 0 Å². The number of sulfone groups is 1. The minimum atomic E-state index is -3.44. The maximum absolute atomic E-state index is 12.9. The van der Waals surface area contributed by atoms with Crippen molar-refractivity contribution in [3.8, 4) is 11.4 Å². The van der Waals surface area contributed by atoms with E-state index in [0.717, 1.165) is 59.6 Å². The second kappa shape index (κ2) is 10.8. The van der Waals surface area contributed by atoms with Crippen LogP contribution in [0.2, 0.25) is 0 Å². The predicted molar refractivity (Wildman–Crippen MR) is 158 cm³/mol. The molecule has 2 aliphatic rings. The standard InChI is InChI=1S/C31H33N5O4S/c1-19-17-36(18-20(2)40-19)30-6-4-5-26(35-30)27-12-10-23-15-32-24(14-28(23)34-27)16-33-31(37)22-9-11-25(21-7-8-21)29(13-22)41(3,38)39/h4-6,9-15,19-21H,7-8,16-18H2,1-3H3,(H,33,37)/t19-,20+. The molecular formula is C31H33N5O4S. The third-order valence-electron chi connectivity index (χ3n) is 7.49. The number of ether oxygens (including phenoxy) is 1. The van der Waals surface area contributed by atoms with E-state index in [-0.39, 0.29) is 35.5 Å². The highest BCUT2D eigenvalue weighted by molar-refractivity contribution is 7.90. The van der Waals surface area contributed by atoms with Crippen LogP contribution in [-0.4, -0.2) is 60.8 Å². The number of hydrogen-bond acceptors (Lipinski definition) is 8. The lowest BCUT2D eigenvalue weighted by atomic mass is 10.1. The summed E-state index contributed by atoms with van der Waals surface area (Å²) in [6.07, 6.45) is 5.15. The number of nitrogens with zero attached hydrogens (tertiary/aromatic N) is 4. The van der Waals surface area contributed by atoms with Crippen molar-refractivity contribution in [1.29, 1.82) is 0 Å². The van der Waals surface area contributed by atoms with E-state index in [9.17, 15) is 13.2 Å². The molecule has 0 unspecified atom stereocenters. The molecule has 1 saturated carbocycles. The molecule has 0 radical (unpaired) electrons. The number of carbonyl (C=O) groups is 1. The van der Waals surface area contributed by atoms with Crippen molar-refractivity contribution in [2.45, 2.75) is 56.3 Å². The van der Waals surface area contributed by atoms with Crippen LogP contribution in [0.5, 0.6) is 0 Å². The number of hydrogen-bond donors (Lipinski definition) is 1. The molecule has 1 saturated heterocycles. The Morgan fingerprint density at radius 2 is 1.76 bits per heavy atom. The van der Waals surface area contributed by atoms with Crippen LogP contribution in [0.25, 0.3) is 22.3 Å². The second-order valence-electron chi connectivity index (χ2n) is 11.1. The number of morpholine rings is 1. The van der Waals surface area contributed by atoms with Crippen molar-refractivity contribution in [1.82, 2.24) is 20.3 Å². The highest BCUT2D eigenvalue weighted by Crippen LogP contribution is 2.43. The van der Waals surface area contributed by atoms with E-state index in [0.29, 0.717) is 11.3 Å². The summed E-state index contributed by atoms with van der Waals surface area (Å²) < 4.78 is 30.6. The van der Waals surface area contributed by atoms with Gasteiger partial charge in [-0.1, -0.05) is 12.1 Å². The second-order valence-corrected chi connectivity index (χ2v) is 13.1. The van der Waals surface area contributed by atoms with Gasteiger partial charge in [0.15, 0.2) is 9.84 Å². The maximum atomic E-state index is 12.9. The van der Waals surface area contributed by atoms with E-state index in [1.807, 2.05) is 36.4 Å². The molecule has 4 heterocycles. The van der Waals surface area contributed by atoms with Crippen LogP contribution in [0, 0.1) is 0 Å². The number of benzene rings is 1. The van der Waals surface area contributed by atoms with Gasteiger partial charge in [0.25, 0.3) is 5.91 Å². The Bertz CT molecular complexity index is 1730. The lowest BCUT2D eigenvalue weighted by Gasteiger charge is -2.36. The first-order valence-electron chi connectivity index (χ1n) is 13.9. The molecule has 3 aromatic heterocycles. The summed E-state index contributed by atoms with van der Waals surface area (Å²) in [4.78, 5) is 29.6. The third-order valence-corrected chi connectivity index (χ3v) is 8.65. The van der Waals surface area contributed by atoms with Gasteiger partial charge in [0.05, 0.1) is 46.2 Å². The smallest absolute Gasteiger partial charge is 0.251 e. The molecule has 4 aromatic rings. The van der Waals surface area contributed by atoms with Crippen LogP contribution in [0.15, 0.2) is 65.7 Å². The van der Waals surface area contributed by atoms with Gasteiger partial charge in [-0.2, -0.15) is 0 Å². The van der Waals surface area contributed by atoms with Gasteiger partial charge < -0.3 is 15.0 Å². The van der Waals surface area contributed by atoms with Crippen molar-refractivity contribution in [2.75, 3.05) is 24.2 Å². The summed E-state index contributed by atoms with van der Waals surface area (Å²) in [7, 11) is -3.44. The Hall–Kier alpha value is -3.89. The van der Waals surface area contributed by atoms with Crippen LogP contribution >= 0.6 is 0 Å². The number of anilines is 1. The normalized spacial score (nSPS) is 19.3. The van der Waals surface area contributed by atoms with E-state index in [1.165, 1.54) is 12.3 Å². The molecular weight excluding hydrogens is 538 g/mol. The van der Waals surface area contributed by atoms with Crippen molar-refractivity contribution in [3.05, 3.63) is 77.6 Å². The number of carbonyl (C=O) groups excluding carboxylic acids is 1. The Morgan fingerprint density at radius 3 is 2.49 bits per heavy atom. The molecule has 1 aliphatic heterocycles. The molecule has 2 atom stereocenters. The van der Waals surface area contributed by atoms with E-state index >= 15 is 0 Å². The van der Waals surface area contributed by atoms with E-state index in [1.54, 1.807) is 18.3 Å². The van der Waals surface area contributed by atoms with Gasteiger partial charge in [0.1, 0.15) is 5.82 Å².